The minimum atomic E-state index is -4.15. The predicted octanol–water partition coefficient (Wildman–Crippen LogP) is 4.55. The summed E-state index contributed by atoms with van der Waals surface area (Å²) in [7, 11) is 0. The number of benzene rings is 1. The zero-order valence-corrected chi connectivity index (χ0v) is 19.0. The van der Waals surface area contributed by atoms with E-state index in [0.717, 1.165) is 37.8 Å². The van der Waals surface area contributed by atoms with Gasteiger partial charge in [-0.1, -0.05) is 0 Å². The Kier molecular flexibility index (Phi) is 7.97. The molecule has 190 valence electrons. The van der Waals surface area contributed by atoms with Gasteiger partial charge in [-0.15, -0.1) is 0 Å². The van der Waals surface area contributed by atoms with Crippen LogP contribution in [0.4, 0.5) is 22.0 Å². The fourth-order valence-corrected chi connectivity index (χ4v) is 5.25. The number of nitrogens with zero attached hydrogens (tertiary/aromatic N) is 1. The van der Waals surface area contributed by atoms with Gasteiger partial charge in [-0.25, -0.2) is 8.78 Å². The van der Waals surface area contributed by atoms with Crippen LogP contribution in [0.2, 0.25) is 0 Å². The molecule has 0 bridgehead atoms. The van der Waals surface area contributed by atoms with Crippen molar-refractivity contribution in [3.63, 3.8) is 0 Å². The Hall–Kier alpha value is -1.94. The van der Waals surface area contributed by atoms with Crippen molar-refractivity contribution >= 4 is 5.91 Å². The van der Waals surface area contributed by atoms with Crippen molar-refractivity contribution in [1.82, 2.24) is 10.2 Å². The minimum absolute atomic E-state index is 0.0373. The predicted molar refractivity (Wildman–Crippen MR) is 115 cm³/mol. The Bertz CT molecular complexity index is 828. The number of nitrogens with one attached hydrogen (secondary N) is 1. The topological polar surface area (TPSA) is 50.8 Å². The molecule has 2 saturated heterocycles. The van der Waals surface area contributed by atoms with E-state index in [4.69, 9.17) is 9.47 Å². The second kappa shape index (κ2) is 10.8. The molecule has 1 saturated carbocycles. The lowest BCUT2D eigenvalue weighted by Gasteiger charge is -2.32. The first-order valence-electron chi connectivity index (χ1n) is 12.0. The smallest absolute Gasteiger partial charge is 0.401 e. The van der Waals surface area contributed by atoms with Crippen molar-refractivity contribution < 1.29 is 36.2 Å². The number of likely N-dealkylation sites (tertiary alicyclic amines) is 1. The number of carbonyl (C=O) groups excluding carboxylic acids is 1. The van der Waals surface area contributed by atoms with Crippen LogP contribution in [0.25, 0.3) is 0 Å². The van der Waals surface area contributed by atoms with Crippen LogP contribution in [0.15, 0.2) is 12.1 Å². The molecular weight excluding hydrogens is 459 g/mol. The summed E-state index contributed by atoms with van der Waals surface area (Å²) < 4.78 is 77.3. The normalized spacial score (nSPS) is 24.7. The number of amides is 1. The highest BCUT2D eigenvalue weighted by Gasteiger charge is 2.44. The van der Waals surface area contributed by atoms with Crippen molar-refractivity contribution in [3.05, 3.63) is 29.3 Å². The highest BCUT2D eigenvalue weighted by atomic mass is 19.4. The molecule has 2 aliphatic heterocycles. The largest absolute Gasteiger partial charge is 0.493 e. The molecular formula is C24H31F5N2O3. The van der Waals surface area contributed by atoms with Crippen LogP contribution in [0.3, 0.4) is 0 Å². The van der Waals surface area contributed by atoms with Gasteiger partial charge in [-0.05, 0) is 69.4 Å². The number of alkyl halides is 3. The van der Waals surface area contributed by atoms with E-state index in [0.29, 0.717) is 63.5 Å². The van der Waals surface area contributed by atoms with Gasteiger partial charge in [0.05, 0.1) is 13.2 Å². The van der Waals surface area contributed by atoms with Crippen LogP contribution < -0.4 is 10.1 Å². The second-order valence-corrected chi connectivity index (χ2v) is 9.65. The molecule has 1 N–H and O–H groups in total. The summed E-state index contributed by atoms with van der Waals surface area (Å²) in [4.78, 5) is 13.8. The summed E-state index contributed by atoms with van der Waals surface area (Å²) in [6.45, 7) is 1.39. The van der Waals surface area contributed by atoms with Crippen LogP contribution in [-0.4, -0.2) is 62.5 Å². The fraction of sp³-hybridized carbons (Fsp3) is 0.708. The van der Waals surface area contributed by atoms with Crippen molar-refractivity contribution in [2.24, 2.45) is 17.8 Å². The van der Waals surface area contributed by atoms with Gasteiger partial charge in [0, 0.05) is 31.4 Å². The molecule has 3 fully saturated rings. The maximum absolute atomic E-state index is 14.5. The first-order valence-corrected chi connectivity index (χ1v) is 12.0. The van der Waals surface area contributed by atoms with Gasteiger partial charge < -0.3 is 14.8 Å². The third-order valence-electron chi connectivity index (χ3n) is 7.17. The SMILES string of the molecule is O=C(NC1CCOCC1)c1c(F)cc(OCCC2C[C@@H]2C2CCN(CC(F)(F)F)CC2)cc1F. The molecule has 1 unspecified atom stereocenters. The molecule has 0 radical (unpaired) electrons. The molecule has 0 spiro atoms. The van der Waals surface area contributed by atoms with Gasteiger partial charge >= 0.3 is 6.18 Å². The first kappa shape index (κ1) is 25.2. The van der Waals surface area contributed by atoms with E-state index >= 15 is 0 Å². The van der Waals surface area contributed by atoms with Gasteiger partial charge in [-0.2, -0.15) is 13.2 Å². The van der Waals surface area contributed by atoms with Gasteiger partial charge in [0.25, 0.3) is 5.91 Å². The number of ether oxygens (including phenoxy) is 2. The number of carbonyl (C=O) groups is 1. The summed E-state index contributed by atoms with van der Waals surface area (Å²) in [5.41, 5.74) is -0.613. The minimum Gasteiger partial charge on any atom is -0.493 e. The average molecular weight is 491 g/mol. The lowest BCUT2D eigenvalue weighted by Crippen LogP contribution is -2.40. The summed E-state index contributed by atoms with van der Waals surface area (Å²) in [5.74, 6) is -1.33. The number of halogens is 5. The molecule has 2 heterocycles. The average Bonchev–Trinajstić information content (AvgIpc) is 3.53. The molecule has 3 aliphatic rings. The van der Waals surface area contributed by atoms with E-state index in [-0.39, 0.29) is 11.8 Å². The molecule has 2 atom stereocenters. The number of hydrogen-bond donors (Lipinski definition) is 1. The van der Waals surface area contributed by atoms with Crippen LogP contribution in [0.1, 0.15) is 48.9 Å². The van der Waals surface area contributed by atoms with E-state index in [9.17, 15) is 26.7 Å². The van der Waals surface area contributed by atoms with Crippen LogP contribution in [0.5, 0.6) is 5.75 Å². The fourth-order valence-electron chi connectivity index (χ4n) is 5.25. The summed E-state index contributed by atoms with van der Waals surface area (Å²) in [5, 5.41) is 2.65. The molecule has 1 amide bonds. The second-order valence-electron chi connectivity index (χ2n) is 9.65. The van der Waals surface area contributed by atoms with E-state index in [1.807, 2.05) is 0 Å². The standard InChI is InChI=1S/C24H31F5N2O3/c25-20-12-18(13-21(26)22(20)23(32)30-17-4-8-33-9-5-17)34-10-3-16-11-19(16)15-1-6-31(7-2-15)14-24(27,28)29/h12-13,15-17,19H,1-11,14H2,(H,30,32)/t16?,19-/m1/s1. The summed E-state index contributed by atoms with van der Waals surface area (Å²) >= 11 is 0. The van der Waals surface area contributed by atoms with E-state index in [1.165, 1.54) is 4.90 Å². The zero-order valence-electron chi connectivity index (χ0n) is 19.0. The monoisotopic (exact) mass is 490 g/mol. The van der Waals surface area contributed by atoms with Crippen molar-refractivity contribution in [3.8, 4) is 5.75 Å². The lowest BCUT2D eigenvalue weighted by molar-refractivity contribution is -0.148. The van der Waals surface area contributed by atoms with Crippen molar-refractivity contribution in [2.75, 3.05) is 39.5 Å². The molecule has 1 aromatic carbocycles. The Morgan fingerprint density at radius 1 is 1.09 bits per heavy atom. The van der Waals surface area contributed by atoms with Crippen LogP contribution in [0, 0.1) is 29.4 Å². The van der Waals surface area contributed by atoms with E-state index in [1.54, 1.807) is 0 Å². The Morgan fingerprint density at radius 2 is 1.74 bits per heavy atom. The van der Waals surface area contributed by atoms with Crippen molar-refractivity contribution in [1.29, 1.82) is 0 Å². The Morgan fingerprint density at radius 3 is 2.35 bits per heavy atom. The maximum atomic E-state index is 14.5. The van der Waals surface area contributed by atoms with Gasteiger partial charge in [0.1, 0.15) is 22.9 Å². The lowest BCUT2D eigenvalue weighted by atomic mass is 9.90. The van der Waals surface area contributed by atoms with Gasteiger partial charge in [-0.3, -0.25) is 9.69 Å². The third kappa shape index (κ3) is 6.81. The third-order valence-corrected chi connectivity index (χ3v) is 7.17. The highest BCUT2D eigenvalue weighted by molar-refractivity contribution is 5.95. The molecule has 5 nitrogen and oxygen atoms in total. The Balaban J connectivity index is 1.19. The number of piperidine rings is 1. The van der Waals surface area contributed by atoms with Gasteiger partial charge in [0.2, 0.25) is 0 Å². The van der Waals surface area contributed by atoms with Crippen LogP contribution in [-0.2, 0) is 4.74 Å². The van der Waals surface area contributed by atoms with E-state index < -0.39 is 35.8 Å². The molecule has 0 aromatic heterocycles. The quantitative estimate of drug-likeness (QED) is 0.544. The highest BCUT2D eigenvalue weighted by Crippen LogP contribution is 2.49. The molecule has 4 rings (SSSR count). The zero-order chi connectivity index (χ0) is 24.3. The Labute approximate surface area is 196 Å². The molecule has 1 aromatic rings. The summed E-state index contributed by atoms with van der Waals surface area (Å²) in [6.07, 6.45) is 0.329. The van der Waals surface area contributed by atoms with Crippen LogP contribution >= 0.6 is 0 Å². The van der Waals surface area contributed by atoms with Gasteiger partial charge in [0.15, 0.2) is 0 Å². The molecule has 1 aliphatic carbocycles. The van der Waals surface area contributed by atoms with Crippen molar-refractivity contribution in [2.45, 2.75) is 50.7 Å². The maximum Gasteiger partial charge on any atom is 0.401 e. The molecule has 34 heavy (non-hydrogen) atoms. The summed E-state index contributed by atoms with van der Waals surface area (Å²) in [6, 6.07) is 1.89. The molecule has 10 heteroatoms. The first-order chi connectivity index (χ1) is 16.2. The van der Waals surface area contributed by atoms with E-state index in [2.05, 4.69) is 5.32 Å². The number of hydrogen-bond acceptors (Lipinski definition) is 4. The number of rotatable bonds is 8.